The van der Waals surface area contributed by atoms with Gasteiger partial charge in [0, 0.05) is 11.9 Å². The SMILES string of the molecule is Cc1ccc(CSc2nnc(N3C(=O)C(=O)/C(=C(/O)c4nc5c(C)cccn5c4C)C3c3ccccc3)s2)cc1. The topological polar surface area (TPSA) is 101 Å². The van der Waals surface area contributed by atoms with E-state index in [1.54, 1.807) is 0 Å². The maximum Gasteiger partial charge on any atom is 0.301 e. The number of aryl methyl sites for hydroxylation is 3. The van der Waals surface area contributed by atoms with Gasteiger partial charge in [-0.2, -0.15) is 0 Å². The van der Waals surface area contributed by atoms with E-state index >= 15 is 0 Å². The number of Topliss-reactive ketones (excluding diaryl/α,β-unsaturated/α-hetero) is 1. The Balaban J connectivity index is 1.41. The molecule has 200 valence electrons. The van der Waals surface area contributed by atoms with Crippen LogP contribution in [0.1, 0.15) is 39.7 Å². The summed E-state index contributed by atoms with van der Waals surface area (Å²) in [5.74, 6) is -1.17. The Hall–Kier alpha value is -4.28. The highest BCUT2D eigenvalue weighted by molar-refractivity contribution is 8.00. The maximum atomic E-state index is 13.5. The van der Waals surface area contributed by atoms with Crippen molar-refractivity contribution in [3.05, 3.63) is 112 Å². The van der Waals surface area contributed by atoms with Gasteiger partial charge in [-0.3, -0.25) is 14.5 Å². The molecule has 0 saturated carbocycles. The fourth-order valence-electron chi connectivity index (χ4n) is 4.84. The third-order valence-corrected chi connectivity index (χ3v) is 9.08. The second-order valence-corrected chi connectivity index (χ2v) is 11.8. The van der Waals surface area contributed by atoms with Crippen LogP contribution in [0.15, 0.2) is 82.8 Å². The van der Waals surface area contributed by atoms with E-state index in [1.807, 2.05) is 73.8 Å². The van der Waals surface area contributed by atoms with Crippen LogP contribution >= 0.6 is 23.1 Å². The first-order chi connectivity index (χ1) is 19.3. The molecule has 0 radical (unpaired) electrons. The van der Waals surface area contributed by atoms with Gasteiger partial charge in [0.25, 0.3) is 5.78 Å². The molecular formula is C30H25N5O3S2. The third kappa shape index (κ3) is 4.48. The van der Waals surface area contributed by atoms with Crippen LogP contribution in [0.5, 0.6) is 0 Å². The van der Waals surface area contributed by atoms with Crippen molar-refractivity contribution in [1.29, 1.82) is 0 Å². The van der Waals surface area contributed by atoms with Crippen molar-refractivity contribution in [2.24, 2.45) is 0 Å². The van der Waals surface area contributed by atoms with Crippen LogP contribution in [0.4, 0.5) is 5.13 Å². The van der Waals surface area contributed by atoms with Crippen molar-refractivity contribution in [1.82, 2.24) is 19.6 Å². The van der Waals surface area contributed by atoms with Crippen LogP contribution in [-0.4, -0.2) is 36.4 Å². The zero-order chi connectivity index (χ0) is 28.0. The predicted octanol–water partition coefficient (Wildman–Crippen LogP) is 6.03. The second-order valence-electron chi connectivity index (χ2n) is 9.64. The Kier molecular flexibility index (Phi) is 6.73. The molecule has 0 spiro atoms. The van der Waals surface area contributed by atoms with Gasteiger partial charge in [-0.05, 0) is 43.5 Å². The molecule has 5 aromatic rings. The van der Waals surface area contributed by atoms with E-state index in [-0.39, 0.29) is 17.0 Å². The predicted molar refractivity (Wildman–Crippen MR) is 157 cm³/mol. The van der Waals surface area contributed by atoms with Crippen LogP contribution in [0, 0.1) is 20.8 Å². The minimum atomic E-state index is -0.880. The van der Waals surface area contributed by atoms with Gasteiger partial charge in [0.15, 0.2) is 10.1 Å². The number of thioether (sulfide) groups is 1. The number of aliphatic hydroxyl groups is 1. The Morgan fingerprint density at radius 3 is 2.45 bits per heavy atom. The van der Waals surface area contributed by atoms with Crippen molar-refractivity contribution in [3.8, 4) is 0 Å². The summed E-state index contributed by atoms with van der Waals surface area (Å²) in [6.45, 7) is 5.80. The minimum Gasteiger partial charge on any atom is -0.505 e. The maximum absolute atomic E-state index is 13.5. The highest BCUT2D eigenvalue weighted by Crippen LogP contribution is 2.44. The number of amides is 1. The Morgan fingerprint density at radius 2 is 1.73 bits per heavy atom. The number of carbonyl (C=O) groups is 2. The first kappa shape index (κ1) is 26.0. The van der Waals surface area contributed by atoms with E-state index in [9.17, 15) is 14.7 Å². The number of carbonyl (C=O) groups excluding carboxylic acids is 2. The van der Waals surface area contributed by atoms with E-state index in [4.69, 9.17) is 0 Å². The molecule has 1 unspecified atom stereocenters. The number of aliphatic hydroxyl groups excluding tert-OH is 1. The van der Waals surface area contributed by atoms with Gasteiger partial charge >= 0.3 is 5.91 Å². The number of hydrogen-bond donors (Lipinski definition) is 1. The van der Waals surface area contributed by atoms with Crippen LogP contribution in [0.2, 0.25) is 0 Å². The average molecular weight is 568 g/mol. The monoisotopic (exact) mass is 567 g/mol. The first-order valence-corrected chi connectivity index (χ1v) is 14.5. The number of nitrogens with zero attached hydrogens (tertiary/aromatic N) is 5. The lowest BCUT2D eigenvalue weighted by Crippen LogP contribution is -2.29. The molecule has 1 fully saturated rings. The number of imidazole rings is 1. The Bertz CT molecular complexity index is 1790. The number of pyridine rings is 1. The minimum absolute atomic E-state index is 0.0237. The van der Waals surface area contributed by atoms with Crippen LogP contribution in [-0.2, 0) is 15.3 Å². The van der Waals surface area contributed by atoms with Crippen LogP contribution < -0.4 is 4.90 Å². The van der Waals surface area contributed by atoms with E-state index in [1.165, 1.54) is 33.6 Å². The molecule has 1 aliphatic rings. The highest BCUT2D eigenvalue weighted by atomic mass is 32.2. The van der Waals surface area contributed by atoms with Crippen molar-refractivity contribution < 1.29 is 14.7 Å². The summed E-state index contributed by atoms with van der Waals surface area (Å²) in [5.41, 5.74) is 5.52. The number of ketones is 1. The molecule has 1 atom stereocenters. The lowest BCUT2D eigenvalue weighted by atomic mass is 9.96. The number of rotatable bonds is 6. The van der Waals surface area contributed by atoms with Crippen LogP contribution in [0.25, 0.3) is 11.4 Å². The molecule has 1 saturated heterocycles. The third-order valence-electron chi connectivity index (χ3n) is 6.95. The number of hydrogen-bond acceptors (Lipinski definition) is 8. The van der Waals surface area contributed by atoms with Crippen molar-refractivity contribution >= 4 is 51.3 Å². The number of aromatic nitrogens is 4. The fraction of sp³-hybridized carbons (Fsp3) is 0.167. The molecule has 6 rings (SSSR count). The van der Waals surface area contributed by atoms with E-state index < -0.39 is 17.7 Å². The standard InChI is InChI=1S/C30H25N5O3S2/c1-17-11-13-20(14-12-17)16-39-30-33-32-29(40-30)35-24(21-9-5-4-6-10-21)22(26(37)28(35)38)25(36)23-19(3)34-15-7-8-18(2)27(34)31-23/h4-15,24,36H,16H2,1-3H3/b25-22+. The number of anilines is 1. The summed E-state index contributed by atoms with van der Waals surface area (Å²) in [4.78, 5) is 33.0. The van der Waals surface area contributed by atoms with Gasteiger partial charge in [0.2, 0.25) is 5.13 Å². The van der Waals surface area contributed by atoms with Gasteiger partial charge in [-0.15, -0.1) is 10.2 Å². The summed E-state index contributed by atoms with van der Waals surface area (Å²) >= 11 is 2.76. The smallest absolute Gasteiger partial charge is 0.301 e. The van der Waals surface area contributed by atoms with E-state index in [0.717, 1.165) is 11.1 Å². The van der Waals surface area contributed by atoms with E-state index in [0.29, 0.717) is 32.1 Å². The fourth-order valence-corrected chi connectivity index (χ4v) is 6.67. The normalized spacial score (nSPS) is 16.8. The summed E-state index contributed by atoms with van der Waals surface area (Å²) < 4.78 is 2.54. The molecule has 10 heteroatoms. The molecule has 0 bridgehead atoms. The van der Waals surface area contributed by atoms with E-state index in [2.05, 4.69) is 39.4 Å². The van der Waals surface area contributed by atoms with Gasteiger partial charge in [0.1, 0.15) is 11.3 Å². The average Bonchev–Trinajstić information content (AvgIpc) is 3.64. The summed E-state index contributed by atoms with van der Waals surface area (Å²) in [5, 5.41) is 20.5. The van der Waals surface area contributed by atoms with Crippen molar-refractivity contribution in [2.75, 3.05) is 4.90 Å². The molecule has 8 nitrogen and oxygen atoms in total. The molecule has 1 amide bonds. The van der Waals surface area contributed by atoms with Gasteiger partial charge in [0.05, 0.1) is 17.3 Å². The van der Waals surface area contributed by atoms with Gasteiger partial charge in [-0.1, -0.05) is 89.3 Å². The highest BCUT2D eigenvalue weighted by Gasteiger charge is 2.48. The molecule has 0 aliphatic carbocycles. The van der Waals surface area contributed by atoms with Gasteiger partial charge < -0.3 is 9.51 Å². The molecule has 2 aromatic carbocycles. The zero-order valence-corrected chi connectivity index (χ0v) is 23.7. The Morgan fingerprint density at radius 1 is 0.975 bits per heavy atom. The second kappa shape index (κ2) is 10.4. The van der Waals surface area contributed by atoms with Crippen molar-refractivity contribution in [2.45, 2.75) is 36.9 Å². The molecule has 1 aliphatic heterocycles. The molecule has 4 heterocycles. The number of benzene rings is 2. The molecule has 1 N–H and O–H groups in total. The summed E-state index contributed by atoms with van der Waals surface area (Å²) in [6.07, 6.45) is 1.85. The quantitative estimate of drug-likeness (QED) is 0.0879. The molecule has 40 heavy (non-hydrogen) atoms. The van der Waals surface area contributed by atoms with Crippen molar-refractivity contribution in [3.63, 3.8) is 0 Å². The Labute approximate surface area is 239 Å². The summed E-state index contributed by atoms with van der Waals surface area (Å²) in [7, 11) is 0. The van der Waals surface area contributed by atoms with Crippen LogP contribution in [0.3, 0.4) is 0 Å². The van der Waals surface area contributed by atoms with Gasteiger partial charge in [-0.25, -0.2) is 4.98 Å². The molecule has 3 aromatic heterocycles. The summed E-state index contributed by atoms with van der Waals surface area (Å²) in [6, 6.07) is 20.4. The lowest BCUT2D eigenvalue weighted by molar-refractivity contribution is -0.132. The zero-order valence-electron chi connectivity index (χ0n) is 22.0. The first-order valence-electron chi connectivity index (χ1n) is 12.7. The number of fused-ring (bicyclic) bond motifs is 1. The lowest BCUT2D eigenvalue weighted by Gasteiger charge is -2.22. The largest absolute Gasteiger partial charge is 0.505 e. The molecular weight excluding hydrogens is 542 g/mol.